The van der Waals surface area contributed by atoms with E-state index in [1.54, 1.807) is 11.8 Å². The Kier molecular flexibility index (Phi) is 1.73. The summed E-state index contributed by atoms with van der Waals surface area (Å²) >= 11 is 1.54. The Bertz CT molecular complexity index is 303. The summed E-state index contributed by atoms with van der Waals surface area (Å²) in [5, 5.41) is 0.782. The van der Waals surface area contributed by atoms with Gasteiger partial charge >= 0.3 is 0 Å². The topological polar surface area (TPSA) is 17.1 Å². The van der Waals surface area contributed by atoms with Crippen LogP contribution >= 0.6 is 11.8 Å². The van der Waals surface area contributed by atoms with Gasteiger partial charge in [0.1, 0.15) is 0 Å². The highest BCUT2D eigenvalue weighted by molar-refractivity contribution is 8.14. The first-order valence-electron chi connectivity index (χ1n) is 4.76. The van der Waals surface area contributed by atoms with Crippen LogP contribution in [-0.2, 0) is 4.79 Å². The van der Waals surface area contributed by atoms with E-state index < -0.39 is 0 Å². The van der Waals surface area contributed by atoms with E-state index in [1.165, 1.54) is 5.57 Å². The standard InChI is InChI=1S/C11H16OS/c1-7-5-11(4)6-10(2,3)8(7)13-9(11)12/h5,8H,6H2,1-4H3. The van der Waals surface area contributed by atoms with Gasteiger partial charge in [-0.05, 0) is 25.7 Å². The molecule has 1 aliphatic carbocycles. The Morgan fingerprint density at radius 2 is 2.08 bits per heavy atom. The third-order valence-corrected chi connectivity index (χ3v) is 5.11. The number of fused-ring (bicyclic) bond motifs is 2. The second-order valence-corrected chi connectivity index (χ2v) is 6.33. The molecule has 2 atom stereocenters. The molecule has 13 heavy (non-hydrogen) atoms. The lowest BCUT2D eigenvalue weighted by Gasteiger charge is -2.50. The summed E-state index contributed by atoms with van der Waals surface area (Å²) in [5.74, 6) is 0. The van der Waals surface area contributed by atoms with Crippen LogP contribution in [0.25, 0.3) is 0 Å². The third kappa shape index (κ3) is 1.18. The predicted octanol–water partition coefficient (Wildman–Crippen LogP) is 3.01. The molecule has 1 nitrogen and oxygen atoms in total. The van der Waals surface area contributed by atoms with Crippen LogP contribution in [0.5, 0.6) is 0 Å². The van der Waals surface area contributed by atoms with E-state index in [0.29, 0.717) is 10.4 Å². The average Bonchev–Trinajstić information content (AvgIpc) is 1.92. The van der Waals surface area contributed by atoms with Crippen molar-refractivity contribution in [3.63, 3.8) is 0 Å². The molecule has 3 rings (SSSR count). The van der Waals surface area contributed by atoms with Gasteiger partial charge in [-0.15, -0.1) is 0 Å². The van der Waals surface area contributed by atoms with Crippen molar-refractivity contribution >= 4 is 16.9 Å². The molecular formula is C11H16OS. The molecule has 1 saturated heterocycles. The molecule has 0 aromatic heterocycles. The van der Waals surface area contributed by atoms with E-state index in [4.69, 9.17) is 0 Å². The lowest BCUT2D eigenvalue weighted by atomic mass is 9.65. The molecule has 0 N–H and O–H groups in total. The number of thioether (sulfide) groups is 1. The Balaban J connectivity index is 2.51. The minimum atomic E-state index is -0.188. The van der Waals surface area contributed by atoms with Gasteiger partial charge in [0.2, 0.25) is 0 Å². The maximum Gasteiger partial charge on any atom is 0.199 e. The van der Waals surface area contributed by atoms with Gasteiger partial charge in [-0.3, -0.25) is 4.79 Å². The summed E-state index contributed by atoms with van der Waals surface area (Å²) in [6, 6.07) is 0. The maximum atomic E-state index is 11.7. The van der Waals surface area contributed by atoms with E-state index >= 15 is 0 Å². The molecule has 2 bridgehead atoms. The zero-order valence-corrected chi connectivity index (χ0v) is 9.49. The zero-order valence-electron chi connectivity index (χ0n) is 8.68. The van der Waals surface area contributed by atoms with Gasteiger partial charge in [0.25, 0.3) is 0 Å². The second kappa shape index (κ2) is 2.41. The summed E-state index contributed by atoms with van der Waals surface area (Å²) in [5.41, 5.74) is 1.49. The number of hydrogen-bond acceptors (Lipinski definition) is 2. The first-order chi connectivity index (χ1) is 5.85. The van der Waals surface area contributed by atoms with E-state index in [0.717, 1.165) is 6.42 Å². The molecule has 0 aromatic rings. The Morgan fingerprint density at radius 3 is 2.54 bits per heavy atom. The van der Waals surface area contributed by atoms with Gasteiger partial charge in [-0.25, -0.2) is 0 Å². The quantitative estimate of drug-likeness (QED) is 0.554. The minimum Gasteiger partial charge on any atom is -0.286 e. The fourth-order valence-electron chi connectivity index (χ4n) is 2.91. The van der Waals surface area contributed by atoms with E-state index in [-0.39, 0.29) is 10.8 Å². The number of carbonyl (C=O) groups is 1. The summed E-state index contributed by atoms with van der Waals surface area (Å²) in [6.45, 7) is 8.77. The van der Waals surface area contributed by atoms with Crippen molar-refractivity contribution in [2.45, 2.75) is 39.4 Å². The van der Waals surface area contributed by atoms with Crippen LogP contribution in [0, 0.1) is 10.8 Å². The van der Waals surface area contributed by atoms with Crippen LogP contribution < -0.4 is 0 Å². The van der Waals surface area contributed by atoms with Crippen molar-refractivity contribution < 1.29 is 4.79 Å². The molecule has 0 spiro atoms. The van der Waals surface area contributed by atoms with E-state index in [2.05, 4.69) is 33.8 Å². The van der Waals surface area contributed by atoms with Gasteiger partial charge in [-0.2, -0.15) is 0 Å². The minimum absolute atomic E-state index is 0.188. The lowest BCUT2D eigenvalue weighted by Crippen LogP contribution is -2.47. The van der Waals surface area contributed by atoms with Gasteiger partial charge < -0.3 is 0 Å². The normalized spacial score (nSPS) is 42.0. The van der Waals surface area contributed by atoms with Crippen LogP contribution in [0.15, 0.2) is 11.6 Å². The van der Waals surface area contributed by atoms with E-state index in [9.17, 15) is 4.79 Å². The van der Waals surface area contributed by atoms with Crippen LogP contribution in [0.3, 0.4) is 0 Å². The molecule has 0 radical (unpaired) electrons. The zero-order chi connectivity index (χ0) is 9.85. The number of carbonyl (C=O) groups excluding carboxylic acids is 1. The summed E-state index contributed by atoms with van der Waals surface area (Å²) in [7, 11) is 0. The van der Waals surface area contributed by atoms with Crippen LogP contribution in [0.2, 0.25) is 0 Å². The molecule has 2 aliphatic heterocycles. The van der Waals surface area contributed by atoms with Crippen LogP contribution in [0.4, 0.5) is 0 Å². The van der Waals surface area contributed by atoms with Gasteiger partial charge in [0.15, 0.2) is 5.12 Å². The van der Waals surface area contributed by atoms with Crippen molar-refractivity contribution in [3.8, 4) is 0 Å². The summed E-state index contributed by atoms with van der Waals surface area (Å²) in [6.07, 6.45) is 3.19. The SMILES string of the molecule is CC1=CC2(C)CC(C)(C)C1SC2=O. The first-order valence-corrected chi connectivity index (χ1v) is 5.64. The molecule has 0 saturated carbocycles. The van der Waals surface area contributed by atoms with Crippen molar-refractivity contribution in [1.29, 1.82) is 0 Å². The second-order valence-electron chi connectivity index (χ2n) is 5.26. The molecule has 2 heteroatoms. The molecule has 1 fully saturated rings. The largest absolute Gasteiger partial charge is 0.286 e. The third-order valence-electron chi connectivity index (χ3n) is 3.18. The van der Waals surface area contributed by atoms with Gasteiger partial charge in [-0.1, -0.05) is 37.3 Å². The fourth-order valence-corrected chi connectivity index (χ4v) is 4.18. The van der Waals surface area contributed by atoms with E-state index in [1.807, 2.05) is 0 Å². The lowest BCUT2D eigenvalue weighted by molar-refractivity contribution is -0.119. The highest BCUT2D eigenvalue weighted by Gasteiger charge is 2.52. The number of allylic oxidation sites excluding steroid dienone is 1. The van der Waals surface area contributed by atoms with Crippen molar-refractivity contribution in [2.24, 2.45) is 10.8 Å². The monoisotopic (exact) mass is 196 g/mol. The van der Waals surface area contributed by atoms with Crippen LogP contribution in [-0.4, -0.2) is 10.4 Å². The predicted molar refractivity (Wildman–Crippen MR) is 56.6 cm³/mol. The highest BCUT2D eigenvalue weighted by atomic mass is 32.2. The van der Waals surface area contributed by atoms with Gasteiger partial charge in [0.05, 0.1) is 5.41 Å². The molecule has 0 amide bonds. The number of hydrogen-bond donors (Lipinski definition) is 0. The van der Waals surface area contributed by atoms with Crippen LogP contribution in [0.1, 0.15) is 34.1 Å². The molecular weight excluding hydrogens is 180 g/mol. The first kappa shape index (κ1) is 9.32. The Hall–Kier alpha value is -0.240. The maximum absolute atomic E-state index is 11.7. The summed E-state index contributed by atoms with van der Waals surface area (Å²) < 4.78 is 0. The molecule has 3 aliphatic rings. The van der Waals surface area contributed by atoms with Crippen molar-refractivity contribution in [1.82, 2.24) is 0 Å². The summed E-state index contributed by atoms with van der Waals surface area (Å²) in [4.78, 5) is 11.7. The Labute approximate surface area is 84.0 Å². The smallest absolute Gasteiger partial charge is 0.199 e. The fraction of sp³-hybridized carbons (Fsp3) is 0.727. The molecule has 72 valence electrons. The van der Waals surface area contributed by atoms with Crippen molar-refractivity contribution in [3.05, 3.63) is 11.6 Å². The highest BCUT2D eigenvalue weighted by Crippen LogP contribution is 2.57. The molecule has 2 unspecified atom stereocenters. The Morgan fingerprint density at radius 1 is 1.46 bits per heavy atom. The average molecular weight is 196 g/mol. The van der Waals surface area contributed by atoms with Gasteiger partial charge in [0, 0.05) is 5.25 Å². The molecule has 2 heterocycles. The molecule has 0 aromatic carbocycles. The van der Waals surface area contributed by atoms with Crippen molar-refractivity contribution in [2.75, 3.05) is 0 Å². The number of rotatable bonds is 0.